The fraction of sp³-hybridized carbons (Fsp3) is 0.250. The average molecular weight is 387 g/mol. The van der Waals surface area contributed by atoms with Gasteiger partial charge in [0.15, 0.2) is 0 Å². The first-order valence-corrected chi connectivity index (χ1v) is 8.82. The number of imide groups is 1. The van der Waals surface area contributed by atoms with Crippen molar-refractivity contribution >= 4 is 23.5 Å². The summed E-state index contributed by atoms with van der Waals surface area (Å²) in [7, 11) is 0. The Morgan fingerprint density at radius 1 is 1.07 bits per heavy atom. The minimum atomic E-state index is -1.27. The summed E-state index contributed by atoms with van der Waals surface area (Å²) in [5.74, 6) is -3.35. The topological polar surface area (TPSA) is 78.5 Å². The highest BCUT2D eigenvalue weighted by molar-refractivity contribution is 6.10. The molecule has 0 aromatic heterocycles. The second-order valence-electron chi connectivity index (χ2n) is 6.49. The maximum atomic E-state index is 13.7. The molecule has 1 fully saturated rings. The Morgan fingerprint density at radius 2 is 1.71 bits per heavy atom. The molecule has 8 heteroatoms. The fourth-order valence-corrected chi connectivity index (χ4v) is 3.32. The zero-order valence-electron chi connectivity index (χ0n) is 15.2. The lowest BCUT2D eigenvalue weighted by molar-refractivity contribution is -0.134. The zero-order valence-corrected chi connectivity index (χ0v) is 15.2. The van der Waals surface area contributed by atoms with E-state index in [0.717, 1.165) is 23.1 Å². The number of urea groups is 1. The standard InChI is InChI=1S/C20H19F2N3O3/c1-2-11-20(13-7-4-3-5-8-13)18(27)25(19(28)24-20)12-16(26)23-17-14(21)9-6-10-15(17)22/h3-10H,2,11-12H2,1H3,(H,23,26)(H,24,28)/t20-/m1/s1. The second-order valence-corrected chi connectivity index (χ2v) is 6.49. The molecular formula is C20H19F2N3O3. The van der Waals surface area contributed by atoms with E-state index in [4.69, 9.17) is 0 Å². The van der Waals surface area contributed by atoms with Crippen LogP contribution in [0, 0.1) is 11.6 Å². The number of benzene rings is 2. The summed E-state index contributed by atoms with van der Waals surface area (Å²) in [6, 6.07) is 11.2. The van der Waals surface area contributed by atoms with E-state index < -0.39 is 47.3 Å². The van der Waals surface area contributed by atoms with Crippen molar-refractivity contribution < 1.29 is 23.2 Å². The quantitative estimate of drug-likeness (QED) is 0.748. The molecule has 0 unspecified atom stereocenters. The predicted octanol–water partition coefficient (Wildman–Crippen LogP) is 3.15. The van der Waals surface area contributed by atoms with Crippen molar-refractivity contribution in [3.05, 3.63) is 65.7 Å². The van der Waals surface area contributed by atoms with E-state index in [0.29, 0.717) is 18.4 Å². The summed E-state index contributed by atoms with van der Waals surface area (Å²) < 4.78 is 27.4. The highest BCUT2D eigenvalue weighted by Gasteiger charge is 2.52. The van der Waals surface area contributed by atoms with Gasteiger partial charge in [0.1, 0.15) is 29.4 Å². The van der Waals surface area contributed by atoms with E-state index >= 15 is 0 Å². The van der Waals surface area contributed by atoms with E-state index in [-0.39, 0.29) is 0 Å². The smallest absolute Gasteiger partial charge is 0.320 e. The molecular weight excluding hydrogens is 368 g/mol. The number of para-hydroxylation sites is 1. The molecule has 0 radical (unpaired) electrons. The molecule has 0 spiro atoms. The summed E-state index contributed by atoms with van der Waals surface area (Å²) in [5, 5.41) is 4.77. The number of carbonyl (C=O) groups excluding carboxylic acids is 3. The first kappa shape index (κ1) is 19.5. The molecule has 146 valence electrons. The van der Waals surface area contributed by atoms with Crippen molar-refractivity contribution in [3.63, 3.8) is 0 Å². The van der Waals surface area contributed by atoms with E-state index in [9.17, 15) is 23.2 Å². The molecule has 4 amide bonds. The number of hydrogen-bond donors (Lipinski definition) is 2. The number of anilines is 1. The molecule has 1 atom stereocenters. The molecule has 1 aliphatic heterocycles. The molecule has 2 N–H and O–H groups in total. The largest absolute Gasteiger partial charge is 0.325 e. The first-order chi connectivity index (χ1) is 13.4. The van der Waals surface area contributed by atoms with Crippen LogP contribution in [0.15, 0.2) is 48.5 Å². The van der Waals surface area contributed by atoms with Gasteiger partial charge in [0, 0.05) is 0 Å². The Kier molecular flexibility index (Phi) is 5.39. The lowest BCUT2D eigenvalue weighted by Crippen LogP contribution is -2.44. The molecule has 0 aliphatic carbocycles. The van der Waals surface area contributed by atoms with Crippen molar-refractivity contribution in [1.29, 1.82) is 0 Å². The van der Waals surface area contributed by atoms with Crippen LogP contribution >= 0.6 is 0 Å². The Hall–Kier alpha value is -3.29. The molecule has 2 aromatic rings. The van der Waals surface area contributed by atoms with Crippen molar-refractivity contribution in [2.45, 2.75) is 25.3 Å². The Morgan fingerprint density at radius 3 is 2.32 bits per heavy atom. The molecule has 0 bridgehead atoms. The van der Waals surface area contributed by atoms with E-state index in [1.54, 1.807) is 30.3 Å². The predicted molar refractivity (Wildman–Crippen MR) is 98.3 cm³/mol. The minimum Gasteiger partial charge on any atom is -0.320 e. The monoisotopic (exact) mass is 387 g/mol. The molecule has 1 heterocycles. The molecule has 6 nitrogen and oxygen atoms in total. The third-order valence-corrected chi connectivity index (χ3v) is 4.60. The lowest BCUT2D eigenvalue weighted by atomic mass is 9.85. The molecule has 3 rings (SSSR count). The van der Waals surface area contributed by atoms with Gasteiger partial charge in [-0.05, 0) is 24.1 Å². The number of nitrogens with one attached hydrogen (secondary N) is 2. The maximum Gasteiger partial charge on any atom is 0.325 e. The highest BCUT2D eigenvalue weighted by atomic mass is 19.1. The molecule has 28 heavy (non-hydrogen) atoms. The van der Waals surface area contributed by atoms with Crippen LogP contribution in [0.1, 0.15) is 25.3 Å². The zero-order chi connectivity index (χ0) is 20.3. The summed E-state index contributed by atoms with van der Waals surface area (Å²) in [4.78, 5) is 38.5. The summed E-state index contributed by atoms with van der Waals surface area (Å²) in [5.41, 5.74) is -1.28. The molecule has 2 aromatic carbocycles. The second kappa shape index (κ2) is 7.75. The van der Waals surface area contributed by atoms with E-state index in [1.165, 1.54) is 0 Å². The van der Waals surface area contributed by atoms with E-state index in [1.807, 2.05) is 6.92 Å². The Bertz CT molecular complexity index is 900. The van der Waals surface area contributed by atoms with Crippen LogP contribution in [-0.2, 0) is 15.1 Å². The molecule has 0 saturated carbocycles. The van der Waals surface area contributed by atoms with Crippen LogP contribution in [0.25, 0.3) is 0 Å². The number of amides is 4. The van der Waals surface area contributed by atoms with Gasteiger partial charge in [-0.25, -0.2) is 13.6 Å². The van der Waals surface area contributed by atoms with Gasteiger partial charge < -0.3 is 10.6 Å². The Balaban J connectivity index is 1.82. The summed E-state index contributed by atoms with van der Waals surface area (Å²) >= 11 is 0. The summed E-state index contributed by atoms with van der Waals surface area (Å²) in [6.07, 6.45) is 0.961. The number of nitrogens with zero attached hydrogens (tertiary/aromatic N) is 1. The van der Waals surface area contributed by atoms with Gasteiger partial charge >= 0.3 is 6.03 Å². The van der Waals surface area contributed by atoms with Crippen LogP contribution in [0.5, 0.6) is 0 Å². The first-order valence-electron chi connectivity index (χ1n) is 8.82. The Labute approximate surface area is 160 Å². The van der Waals surface area contributed by atoms with Crippen molar-refractivity contribution in [2.75, 3.05) is 11.9 Å². The number of carbonyl (C=O) groups is 3. The maximum absolute atomic E-state index is 13.7. The van der Waals surface area contributed by atoms with Gasteiger partial charge in [-0.2, -0.15) is 0 Å². The van der Waals surface area contributed by atoms with Gasteiger partial charge in [-0.3, -0.25) is 14.5 Å². The van der Waals surface area contributed by atoms with Crippen LogP contribution < -0.4 is 10.6 Å². The van der Waals surface area contributed by atoms with Crippen molar-refractivity contribution in [2.24, 2.45) is 0 Å². The van der Waals surface area contributed by atoms with Crippen LogP contribution in [0.4, 0.5) is 19.3 Å². The average Bonchev–Trinajstić information content (AvgIpc) is 2.91. The molecule has 1 saturated heterocycles. The van der Waals surface area contributed by atoms with E-state index in [2.05, 4.69) is 10.6 Å². The third kappa shape index (κ3) is 3.45. The number of halogens is 2. The van der Waals surface area contributed by atoms with Crippen LogP contribution in [0.2, 0.25) is 0 Å². The molecule has 1 aliphatic rings. The lowest BCUT2D eigenvalue weighted by Gasteiger charge is -2.26. The van der Waals surface area contributed by atoms with Gasteiger partial charge in [0.05, 0.1) is 0 Å². The van der Waals surface area contributed by atoms with Gasteiger partial charge in [0.2, 0.25) is 5.91 Å². The van der Waals surface area contributed by atoms with Gasteiger partial charge in [-0.15, -0.1) is 0 Å². The summed E-state index contributed by atoms with van der Waals surface area (Å²) in [6.45, 7) is 1.22. The minimum absolute atomic E-state index is 0.349. The van der Waals surface area contributed by atoms with Crippen molar-refractivity contribution in [3.8, 4) is 0 Å². The number of rotatable bonds is 6. The van der Waals surface area contributed by atoms with Gasteiger partial charge in [0.25, 0.3) is 5.91 Å². The SMILES string of the molecule is CCC[C@]1(c2ccccc2)NC(=O)N(CC(=O)Nc2c(F)cccc2F)C1=O. The van der Waals surface area contributed by atoms with Crippen LogP contribution in [0.3, 0.4) is 0 Å². The van der Waals surface area contributed by atoms with Gasteiger partial charge in [-0.1, -0.05) is 49.7 Å². The highest BCUT2D eigenvalue weighted by Crippen LogP contribution is 2.33. The number of hydrogen-bond acceptors (Lipinski definition) is 3. The van der Waals surface area contributed by atoms with Crippen LogP contribution in [-0.4, -0.2) is 29.3 Å². The third-order valence-electron chi connectivity index (χ3n) is 4.60. The van der Waals surface area contributed by atoms with Crippen molar-refractivity contribution in [1.82, 2.24) is 10.2 Å². The normalized spacial score (nSPS) is 18.9. The fourth-order valence-electron chi connectivity index (χ4n) is 3.32.